The Balaban J connectivity index is 0.00000161. The molecule has 21 heavy (non-hydrogen) atoms. The fourth-order valence-electron chi connectivity index (χ4n) is 3.10. The minimum atomic E-state index is -0.110. The van der Waals surface area contributed by atoms with Gasteiger partial charge in [-0.25, -0.2) is 4.39 Å². The number of nitrogens with zero attached hydrogens (tertiary/aromatic N) is 1. The van der Waals surface area contributed by atoms with Gasteiger partial charge in [0.25, 0.3) is 0 Å². The number of benzene rings is 1. The van der Waals surface area contributed by atoms with Crippen molar-refractivity contribution in [3.05, 3.63) is 34.1 Å². The van der Waals surface area contributed by atoms with Crippen LogP contribution in [0.15, 0.2) is 12.1 Å². The number of halogens is 3. The van der Waals surface area contributed by atoms with Crippen molar-refractivity contribution < 1.29 is 4.39 Å². The van der Waals surface area contributed by atoms with E-state index in [0.717, 1.165) is 44.1 Å². The Morgan fingerprint density at radius 3 is 2.62 bits per heavy atom. The largest absolute Gasteiger partial charge is 0.314 e. The van der Waals surface area contributed by atoms with Gasteiger partial charge in [-0.2, -0.15) is 0 Å². The molecule has 1 heterocycles. The summed E-state index contributed by atoms with van der Waals surface area (Å²) in [4.78, 5) is 2.40. The smallest absolute Gasteiger partial charge is 0.132 e. The Morgan fingerprint density at radius 1 is 1.33 bits per heavy atom. The summed E-state index contributed by atoms with van der Waals surface area (Å²) < 4.78 is 14.6. The molecule has 1 atom stereocenters. The zero-order chi connectivity index (χ0) is 14.1. The highest BCUT2D eigenvalue weighted by Crippen LogP contribution is 2.42. The van der Waals surface area contributed by atoms with Crippen molar-refractivity contribution in [1.29, 1.82) is 0 Å². The summed E-state index contributed by atoms with van der Waals surface area (Å²) in [5.41, 5.74) is 1.42. The predicted molar refractivity (Wildman–Crippen MR) is 87.9 cm³/mol. The highest BCUT2D eigenvalue weighted by molar-refractivity contribution is 6.31. The van der Waals surface area contributed by atoms with Gasteiger partial charge in [0.15, 0.2) is 0 Å². The summed E-state index contributed by atoms with van der Waals surface area (Å²) in [6, 6.07) is 3.75. The molecule has 1 aliphatic carbocycles. The second-order valence-corrected chi connectivity index (χ2v) is 6.48. The number of rotatable bonds is 4. The second kappa shape index (κ2) is 7.28. The molecule has 0 unspecified atom stereocenters. The van der Waals surface area contributed by atoms with Gasteiger partial charge in [0.05, 0.1) is 0 Å². The lowest BCUT2D eigenvalue weighted by Gasteiger charge is -2.36. The fraction of sp³-hybridized carbons (Fsp3) is 0.625. The molecule has 0 amide bonds. The fourth-order valence-corrected chi connectivity index (χ4v) is 3.37. The molecule has 1 aromatic rings. The van der Waals surface area contributed by atoms with Gasteiger partial charge >= 0.3 is 0 Å². The van der Waals surface area contributed by atoms with Gasteiger partial charge in [-0.1, -0.05) is 30.5 Å². The van der Waals surface area contributed by atoms with Gasteiger partial charge in [-0.15, -0.1) is 12.4 Å². The number of nitrogens with one attached hydrogen (secondary N) is 1. The minimum Gasteiger partial charge on any atom is -0.314 e. The van der Waals surface area contributed by atoms with Crippen LogP contribution >= 0.6 is 24.0 Å². The summed E-state index contributed by atoms with van der Waals surface area (Å²) >= 11 is 6.34. The molecule has 1 aromatic carbocycles. The number of hydrogen-bond acceptors (Lipinski definition) is 2. The molecule has 118 valence electrons. The molecule has 1 N–H and O–H groups in total. The number of aryl methyl sites for hydroxylation is 1. The van der Waals surface area contributed by atoms with Gasteiger partial charge < -0.3 is 5.32 Å². The van der Waals surface area contributed by atoms with Crippen LogP contribution in [0.3, 0.4) is 0 Å². The topological polar surface area (TPSA) is 15.3 Å². The maximum atomic E-state index is 14.6. The van der Waals surface area contributed by atoms with Crippen LogP contribution in [0, 0.1) is 18.7 Å². The molecular weight excluding hydrogens is 310 g/mol. The Bertz CT molecular complexity index is 485. The van der Waals surface area contributed by atoms with Crippen LogP contribution in [0.2, 0.25) is 5.02 Å². The average Bonchev–Trinajstić information content (AvgIpc) is 3.27. The van der Waals surface area contributed by atoms with E-state index in [1.165, 1.54) is 12.8 Å². The van der Waals surface area contributed by atoms with E-state index in [1.807, 2.05) is 13.0 Å². The lowest BCUT2D eigenvalue weighted by Crippen LogP contribution is -2.45. The van der Waals surface area contributed by atoms with Crippen molar-refractivity contribution in [1.82, 2.24) is 10.2 Å². The van der Waals surface area contributed by atoms with Crippen LogP contribution in [0.25, 0.3) is 0 Å². The molecule has 2 nitrogen and oxygen atoms in total. The summed E-state index contributed by atoms with van der Waals surface area (Å²) in [7, 11) is 0. The van der Waals surface area contributed by atoms with Crippen molar-refractivity contribution in [3.63, 3.8) is 0 Å². The van der Waals surface area contributed by atoms with E-state index in [0.29, 0.717) is 10.6 Å². The molecule has 1 saturated carbocycles. The van der Waals surface area contributed by atoms with Crippen molar-refractivity contribution in [2.24, 2.45) is 5.92 Å². The standard InChI is InChI=1S/C16H22ClFN2.ClH/c1-11-2-5-13(17)15(16(11)18)14(10-12-3-4-12)20-8-6-19-7-9-20;/h2,5,12,14,19H,3-4,6-10H2,1H3;1H/t14-;/m1./s1. The first-order valence-electron chi connectivity index (χ1n) is 7.56. The first-order chi connectivity index (χ1) is 9.66. The monoisotopic (exact) mass is 332 g/mol. The van der Waals surface area contributed by atoms with Crippen molar-refractivity contribution in [2.45, 2.75) is 32.2 Å². The summed E-state index contributed by atoms with van der Waals surface area (Å²) in [6.07, 6.45) is 3.61. The van der Waals surface area contributed by atoms with Gasteiger partial charge in [-0.3, -0.25) is 4.90 Å². The molecule has 0 aromatic heterocycles. The number of piperazine rings is 1. The van der Waals surface area contributed by atoms with Crippen LogP contribution in [0.1, 0.15) is 36.4 Å². The SMILES string of the molecule is Cc1ccc(Cl)c([C@@H](CC2CC2)N2CCNCC2)c1F.Cl. The third kappa shape index (κ3) is 3.89. The van der Waals surface area contributed by atoms with Gasteiger partial charge in [0.2, 0.25) is 0 Å². The Hall–Kier alpha value is -0.350. The van der Waals surface area contributed by atoms with Gasteiger partial charge in [-0.05, 0) is 30.9 Å². The molecule has 3 rings (SSSR count). The van der Waals surface area contributed by atoms with Crippen molar-refractivity contribution >= 4 is 24.0 Å². The Kier molecular flexibility index (Phi) is 5.89. The lowest BCUT2D eigenvalue weighted by molar-refractivity contribution is 0.157. The van der Waals surface area contributed by atoms with E-state index in [2.05, 4.69) is 10.2 Å². The summed E-state index contributed by atoms with van der Waals surface area (Å²) in [5, 5.41) is 3.94. The number of hydrogen-bond donors (Lipinski definition) is 1. The van der Waals surface area contributed by atoms with E-state index in [4.69, 9.17) is 11.6 Å². The molecule has 2 aliphatic rings. The quantitative estimate of drug-likeness (QED) is 0.897. The molecule has 2 fully saturated rings. The molecular formula is C16H23Cl2FN2. The van der Waals surface area contributed by atoms with Crippen LogP contribution in [0.5, 0.6) is 0 Å². The van der Waals surface area contributed by atoms with Crippen molar-refractivity contribution in [3.8, 4) is 0 Å². The first-order valence-corrected chi connectivity index (χ1v) is 7.94. The maximum absolute atomic E-state index is 14.6. The zero-order valence-corrected chi connectivity index (χ0v) is 13.9. The van der Waals surface area contributed by atoms with Crippen LogP contribution in [-0.4, -0.2) is 31.1 Å². The van der Waals surface area contributed by atoms with Crippen LogP contribution in [-0.2, 0) is 0 Å². The molecule has 0 radical (unpaired) electrons. The molecule has 1 aliphatic heterocycles. The minimum absolute atomic E-state index is 0. The van der Waals surface area contributed by atoms with E-state index < -0.39 is 0 Å². The normalized spacial score (nSPS) is 20.9. The van der Waals surface area contributed by atoms with Crippen molar-refractivity contribution in [2.75, 3.05) is 26.2 Å². The third-order valence-electron chi connectivity index (χ3n) is 4.50. The van der Waals surface area contributed by atoms with Crippen LogP contribution < -0.4 is 5.32 Å². The Morgan fingerprint density at radius 2 is 2.00 bits per heavy atom. The van der Waals surface area contributed by atoms with E-state index in [1.54, 1.807) is 6.07 Å². The molecule has 0 bridgehead atoms. The van der Waals surface area contributed by atoms with E-state index >= 15 is 0 Å². The third-order valence-corrected chi connectivity index (χ3v) is 4.83. The molecule has 5 heteroatoms. The van der Waals surface area contributed by atoms with E-state index in [-0.39, 0.29) is 24.3 Å². The maximum Gasteiger partial charge on any atom is 0.132 e. The highest BCUT2D eigenvalue weighted by Gasteiger charge is 2.33. The first kappa shape index (κ1) is 17.0. The highest BCUT2D eigenvalue weighted by atomic mass is 35.5. The zero-order valence-electron chi connectivity index (χ0n) is 12.4. The van der Waals surface area contributed by atoms with Crippen LogP contribution in [0.4, 0.5) is 4.39 Å². The van der Waals surface area contributed by atoms with Gasteiger partial charge in [0.1, 0.15) is 5.82 Å². The predicted octanol–water partition coefficient (Wildman–Crippen LogP) is 3.96. The van der Waals surface area contributed by atoms with E-state index in [9.17, 15) is 4.39 Å². The Labute approximate surface area is 137 Å². The average molecular weight is 333 g/mol. The summed E-state index contributed by atoms with van der Waals surface area (Å²) in [5.74, 6) is 0.646. The molecule has 0 spiro atoms. The second-order valence-electron chi connectivity index (χ2n) is 6.07. The van der Waals surface area contributed by atoms with Gasteiger partial charge in [0, 0.05) is 42.8 Å². The summed E-state index contributed by atoms with van der Waals surface area (Å²) in [6.45, 7) is 5.72. The molecule has 1 saturated heterocycles. The lowest BCUT2D eigenvalue weighted by atomic mass is 9.96.